The maximum atomic E-state index is 12.7. The van der Waals surface area contributed by atoms with Gasteiger partial charge in [-0.3, -0.25) is 4.68 Å². The molecule has 1 aliphatic heterocycles. The van der Waals surface area contributed by atoms with Crippen molar-refractivity contribution in [2.75, 3.05) is 13.1 Å². The summed E-state index contributed by atoms with van der Waals surface area (Å²) in [6.07, 6.45) is 2.38. The molecular weight excluding hydrogens is 298 g/mol. The first kappa shape index (κ1) is 15.2. The molecule has 1 atom stereocenters. The fourth-order valence-electron chi connectivity index (χ4n) is 3.23. The molecule has 0 bridgehead atoms. The summed E-state index contributed by atoms with van der Waals surface area (Å²) in [5, 5.41) is 4.22. The molecule has 6 heteroatoms. The van der Waals surface area contributed by atoms with Gasteiger partial charge < -0.3 is 0 Å². The summed E-state index contributed by atoms with van der Waals surface area (Å²) in [6.45, 7) is 5.27. The molecule has 1 aliphatic rings. The van der Waals surface area contributed by atoms with Gasteiger partial charge in [0.15, 0.2) is 5.03 Å². The van der Waals surface area contributed by atoms with E-state index in [0.717, 1.165) is 6.42 Å². The number of aromatic nitrogens is 2. The van der Waals surface area contributed by atoms with Crippen LogP contribution in [-0.2, 0) is 17.1 Å². The van der Waals surface area contributed by atoms with Gasteiger partial charge in [0, 0.05) is 20.1 Å². The zero-order valence-corrected chi connectivity index (χ0v) is 14.0. The summed E-state index contributed by atoms with van der Waals surface area (Å²) in [5.41, 5.74) is 3.73. The largest absolute Gasteiger partial charge is 0.260 e. The number of hydrogen-bond donors (Lipinski definition) is 0. The molecule has 5 nitrogen and oxygen atoms in total. The van der Waals surface area contributed by atoms with Crippen molar-refractivity contribution in [1.29, 1.82) is 0 Å². The SMILES string of the molecule is Cc1ccc(C2CCN(S(=O)(=O)c3ccnn3C)C2)c(C)c1. The van der Waals surface area contributed by atoms with Gasteiger partial charge in [-0.25, -0.2) is 8.42 Å². The smallest absolute Gasteiger partial charge is 0.256 e. The van der Waals surface area contributed by atoms with E-state index in [1.165, 1.54) is 27.6 Å². The van der Waals surface area contributed by atoms with Crippen LogP contribution in [0.25, 0.3) is 0 Å². The monoisotopic (exact) mass is 319 g/mol. The molecule has 22 heavy (non-hydrogen) atoms. The standard InChI is InChI=1S/C16H21N3O2S/c1-12-4-5-15(13(2)10-12)14-7-9-19(11-14)22(20,21)16-6-8-17-18(16)3/h4-6,8,10,14H,7,9,11H2,1-3H3. The summed E-state index contributed by atoms with van der Waals surface area (Å²) < 4.78 is 28.4. The van der Waals surface area contributed by atoms with Crippen LogP contribution in [0.1, 0.15) is 29.0 Å². The van der Waals surface area contributed by atoms with Gasteiger partial charge in [0.2, 0.25) is 0 Å². The normalized spacial score (nSPS) is 19.7. The lowest BCUT2D eigenvalue weighted by Gasteiger charge is -2.17. The van der Waals surface area contributed by atoms with Gasteiger partial charge in [-0.15, -0.1) is 0 Å². The van der Waals surface area contributed by atoms with Gasteiger partial charge in [0.05, 0.1) is 6.20 Å². The first-order valence-electron chi connectivity index (χ1n) is 7.45. The average molecular weight is 319 g/mol. The Kier molecular flexibility index (Phi) is 3.82. The number of sulfonamides is 1. The average Bonchev–Trinajstić information content (AvgIpc) is 3.08. The van der Waals surface area contributed by atoms with Crippen LogP contribution < -0.4 is 0 Å². The zero-order valence-electron chi connectivity index (χ0n) is 13.2. The number of aryl methyl sites for hydroxylation is 3. The predicted molar refractivity (Wildman–Crippen MR) is 85.2 cm³/mol. The Morgan fingerprint density at radius 3 is 2.64 bits per heavy atom. The lowest BCUT2D eigenvalue weighted by atomic mass is 9.93. The zero-order chi connectivity index (χ0) is 15.9. The highest BCUT2D eigenvalue weighted by Gasteiger charge is 2.35. The third-order valence-electron chi connectivity index (χ3n) is 4.40. The van der Waals surface area contributed by atoms with E-state index in [2.05, 4.69) is 37.1 Å². The van der Waals surface area contributed by atoms with Crippen LogP contribution in [0.5, 0.6) is 0 Å². The molecule has 0 saturated carbocycles. The maximum absolute atomic E-state index is 12.7. The number of nitrogens with zero attached hydrogens (tertiary/aromatic N) is 3. The highest BCUT2D eigenvalue weighted by molar-refractivity contribution is 7.89. The van der Waals surface area contributed by atoms with Crippen molar-refractivity contribution in [2.24, 2.45) is 7.05 Å². The molecule has 1 fully saturated rings. The molecule has 0 spiro atoms. The molecule has 2 aromatic rings. The quantitative estimate of drug-likeness (QED) is 0.871. The molecule has 0 aliphatic carbocycles. The second-order valence-corrected chi connectivity index (χ2v) is 7.89. The topological polar surface area (TPSA) is 55.2 Å². The van der Waals surface area contributed by atoms with Crippen molar-refractivity contribution < 1.29 is 8.42 Å². The minimum Gasteiger partial charge on any atom is -0.256 e. The van der Waals surface area contributed by atoms with E-state index in [1.54, 1.807) is 17.4 Å². The number of hydrogen-bond acceptors (Lipinski definition) is 3. The van der Waals surface area contributed by atoms with E-state index in [4.69, 9.17) is 0 Å². The van der Waals surface area contributed by atoms with Gasteiger partial charge in [0.1, 0.15) is 0 Å². The summed E-state index contributed by atoms with van der Waals surface area (Å²) in [6, 6.07) is 7.95. The van der Waals surface area contributed by atoms with Crippen molar-refractivity contribution in [1.82, 2.24) is 14.1 Å². The Labute approximate surface area is 131 Å². The lowest BCUT2D eigenvalue weighted by Crippen LogP contribution is -2.30. The van der Waals surface area contributed by atoms with E-state index in [-0.39, 0.29) is 10.9 Å². The molecule has 118 valence electrons. The first-order chi connectivity index (χ1) is 10.4. The van der Waals surface area contributed by atoms with Gasteiger partial charge in [-0.05, 0) is 43.4 Å². The van der Waals surface area contributed by atoms with Crippen LogP contribution in [0.4, 0.5) is 0 Å². The van der Waals surface area contributed by atoms with Crippen molar-refractivity contribution >= 4 is 10.0 Å². The molecule has 1 saturated heterocycles. The van der Waals surface area contributed by atoms with Gasteiger partial charge in [-0.1, -0.05) is 23.8 Å². The molecule has 1 aromatic heterocycles. The van der Waals surface area contributed by atoms with E-state index >= 15 is 0 Å². The Morgan fingerprint density at radius 2 is 2.00 bits per heavy atom. The molecule has 1 aromatic carbocycles. The Morgan fingerprint density at radius 1 is 1.23 bits per heavy atom. The van der Waals surface area contributed by atoms with Crippen LogP contribution in [0.2, 0.25) is 0 Å². The fraction of sp³-hybridized carbons (Fsp3) is 0.438. The van der Waals surface area contributed by atoms with E-state index < -0.39 is 10.0 Å². The minimum atomic E-state index is -3.45. The maximum Gasteiger partial charge on any atom is 0.260 e. The molecule has 0 radical (unpaired) electrons. The second kappa shape index (κ2) is 5.52. The van der Waals surface area contributed by atoms with E-state index in [9.17, 15) is 8.42 Å². The summed E-state index contributed by atoms with van der Waals surface area (Å²) >= 11 is 0. The fourth-order valence-corrected chi connectivity index (χ4v) is 4.83. The van der Waals surface area contributed by atoms with E-state index in [1.807, 2.05) is 0 Å². The molecule has 0 N–H and O–H groups in total. The predicted octanol–water partition coefficient (Wildman–Crippen LogP) is 2.22. The van der Waals surface area contributed by atoms with Gasteiger partial charge in [-0.2, -0.15) is 9.40 Å². The first-order valence-corrected chi connectivity index (χ1v) is 8.89. The van der Waals surface area contributed by atoms with Crippen LogP contribution in [-0.4, -0.2) is 35.6 Å². The molecule has 1 unspecified atom stereocenters. The summed E-state index contributed by atoms with van der Waals surface area (Å²) in [4.78, 5) is 0. The Bertz CT molecular complexity index is 795. The molecule has 0 amide bonds. The van der Waals surface area contributed by atoms with Gasteiger partial charge in [0.25, 0.3) is 10.0 Å². The minimum absolute atomic E-state index is 0.258. The van der Waals surface area contributed by atoms with Crippen molar-refractivity contribution in [2.45, 2.75) is 31.2 Å². The Balaban J connectivity index is 1.85. The third kappa shape index (κ3) is 2.57. The molecule has 2 heterocycles. The van der Waals surface area contributed by atoms with Crippen LogP contribution in [0, 0.1) is 13.8 Å². The lowest BCUT2D eigenvalue weighted by molar-refractivity contribution is 0.463. The second-order valence-electron chi connectivity index (χ2n) is 6.00. The van der Waals surface area contributed by atoms with Crippen molar-refractivity contribution in [3.8, 4) is 0 Å². The Hall–Kier alpha value is -1.66. The van der Waals surface area contributed by atoms with Crippen LogP contribution >= 0.6 is 0 Å². The van der Waals surface area contributed by atoms with Crippen LogP contribution in [0.15, 0.2) is 35.5 Å². The van der Waals surface area contributed by atoms with E-state index in [0.29, 0.717) is 13.1 Å². The number of benzene rings is 1. The number of rotatable bonds is 3. The molecular formula is C16H21N3O2S. The summed E-state index contributed by atoms with van der Waals surface area (Å²) in [7, 11) is -1.80. The van der Waals surface area contributed by atoms with Gasteiger partial charge >= 0.3 is 0 Å². The summed E-state index contributed by atoms with van der Waals surface area (Å²) in [5.74, 6) is 0.267. The third-order valence-corrected chi connectivity index (χ3v) is 6.34. The van der Waals surface area contributed by atoms with Crippen molar-refractivity contribution in [3.05, 3.63) is 47.2 Å². The molecule has 3 rings (SSSR count). The van der Waals surface area contributed by atoms with Crippen molar-refractivity contribution in [3.63, 3.8) is 0 Å². The van der Waals surface area contributed by atoms with Crippen LogP contribution in [0.3, 0.4) is 0 Å². The highest BCUT2D eigenvalue weighted by atomic mass is 32.2. The highest BCUT2D eigenvalue weighted by Crippen LogP contribution is 2.32.